The van der Waals surface area contributed by atoms with E-state index in [0.717, 1.165) is 5.56 Å². The molecule has 0 saturated heterocycles. The second kappa shape index (κ2) is 8.13. The molecule has 1 atom stereocenters. The van der Waals surface area contributed by atoms with E-state index in [-0.39, 0.29) is 25.3 Å². The number of amidine groups is 1. The summed E-state index contributed by atoms with van der Waals surface area (Å²) in [7, 11) is 0. The normalized spacial score (nSPS) is 11.7. The SMILES string of the molecule is N=C(N)c1ccc(CC(CN)C(=O)OC(=O)CCN)cc1. The average molecular weight is 292 g/mol. The Balaban J connectivity index is 2.66. The van der Waals surface area contributed by atoms with E-state index in [1.807, 2.05) is 0 Å². The van der Waals surface area contributed by atoms with Crippen molar-refractivity contribution in [2.24, 2.45) is 23.1 Å². The van der Waals surface area contributed by atoms with Crippen LogP contribution in [0.4, 0.5) is 0 Å². The number of rotatable bonds is 7. The van der Waals surface area contributed by atoms with Crippen molar-refractivity contribution in [3.63, 3.8) is 0 Å². The molecule has 0 bridgehead atoms. The van der Waals surface area contributed by atoms with Crippen molar-refractivity contribution in [2.75, 3.05) is 13.1 Å². The standard InChI is InChI=1S/C14H20N4O3/c15-6-5-12(19)21-14(20)11(8-16)7-9-1-3-10(4-2-9)13(17)18/h1-4,11H,5-8,15-16H2,(H3,17,18). The van der Waals surface area contributed by atoms with Gasteiger partial charge in [-0.3, -0.25) is 15.0 Å². The molecule has 0 aromatic heterocycles. The molecule has 7 nitrogen and oxygen atoms in total. The number of hydrogen-bond donors (Lipinski definition) is 4. The second-order valence-corrected chi connectivity index (χ2v) is 4.58. The molecule has 1 aromatic carbocycles. The van der Waals surface area contributed by atoms with Crippen LogP contribution in [0.5, 0.6) is 0 Å². The lowest BCUT2D eigenvalue weighted by Crippen LogP contribution is -2.30. The zero-order valence-corrected chi connectivity index (χ0v) is 11.7. The van der Waals surface area contributed by atoms with Crippen molar-refractivity contribution >= 4 is 17.8 Å². The Hall–Kier alpha value is -2.25. The van der Waals surface area contributed by atoms with Crippen LogP contribution in [0.25, 0.3) is 0 Å². The van der Waals surface area contributed by atoms with Crippen LogP contribution in [-0.2, 0) is 20.7 Å². The Morgan fingerprint density at radius 2 is 1.81 bits per heavy atom. The van der Waals surface area contributed by atoms with Gasteiger partial charge >= 0.3 is 11.9 Å². The largest absolute Gasteiger partial charge is 0.393 e. The first-order valence-electron chi connectivity index (χ1n) is 6.56. The highest BCUT2D eigenvalue weighted by atomic mass is 16.6. The highest BCUT2D eigenvalue weighted by Gasteiger charge is 2.21. The average Bonchev–Trinajstić information content (AvgIpc) is 2.45. The topological polar surface area (TPSA) is 145 Å². The Morgan fingerprint density at radius 3 is 2.29 bits per heavy atom. The van der Waals surface area contributed by atoms with E-state index in [9.17, 15) is 9.59 Å². The number of ether oxygens (including phenoxy) is 1. The number of nitrogens with one attached hydrogen (secondary N) is 1. The van der Waals surface area contributed by atoms with Gasteiger partial charge in [0.05, 0.1) is 12.3 Å². The quantitative estimate of drug-likeness (QED) is 0.231. The highest BCUT2D eigenvalue weighted by molar-refractivity contribution is 5.94. The maximum absolute atomic E-state index is 11.8. The third kappa shape index (κ3) is 5.33. The summed E-state index contributed by atoms with van der Waals surface area (Å²) in [5.74, 6) is -1.92. The maximum Gasteiger partial charge on any atom is 0.318 e. The molecule has 114 valence electrons. The Morgan fingerprint density at radius 1 is 1.19 bits per heavy atom. The van der Waals surface area contributed by atoms with Gasteiger partial charge in [0, 0.05) is 18.7 Å². The van der Waals surface area contributed by atoms with Crippen LogP contribution in [0.1, 0.15) is 17.5 Å². The zero-order chi connectivity index (χ0) is 15.8. The molecule has 0 amide bonds. The summed E-state index contributed by atoms with van der Waals surface area (Å²) < 4.78 is 4.69. The van der Waals surface area contributed by atoms with E-state index >= 15 is 0 Å². The van der Waals surface area contributed by atoms with Crippen molar-refractivity contribution in [3.05, 3.63) is 35.4 Å². The molecule has 1 unspecified atom stereocenters. The summed E-state index contributed by atoms with van der Waals surface area (Å²) in [6, 6.07) is 6.90. The van der Waals surface area contributed by atoms with Gasteiger partial charge in [-0.2, -0.15) is 0 Å². The molecule has 0 saturated carbocycles. The lowest BCUT2D eigenvalue weighted by molar-refractivity contribution is -0.162. The van der Waals surface area contributed by atoms with Crippen molar-refractivity contribution in [2.45, 2.75) is 12.8 Å². The molecule has 0 aliphatic heterocycles. The van der Waals surface area contributed by atoms with Crippen LogP contribution >= 0.6 is 0 Å². The van der Waals surface area contributed by atoms with Crippen LogP contribution in [0, 0.1) is 11.3 Å². The predicted octanol–water partition coefficient (Wildman–Crippen LogP) is -0.493. The molecule has 0 spiro atoms. The molecule has 21 heavy (non-hydrogen) atoms. The van der Waals surface area contributed by atoms with Gasteiger partial charge < -0.3 is 21.9 Å². The molecule has 0 radical (unpaired) electrons. The minimum atomic E-state index is -0.647. The van der Waals surface area contributed by atoms with Crippen molar-refractivity contribution in [3.8, 4) is 0 Å². The molecular weight excluding hydrogens is 272 g/mol. The summed E-state index contributed by atoms with van der Waals surface area (Å²) in [6.45, 7) is 0.203. The highest BCUT2D eigenvalue weighted by Crippen LogP contribution is 2.11. The Kier molecular flexibility index (Phi) is 6.51. The van der Waals surface area contributed by atoms with Gasteiger partial charge in [-0.05, 0) is 12.0 Å². The number of esters is 2. The first-order valence-corrected chi connectivity index (χ1v) is 6.56. The smallest absolute Gasteiger partial charge is 0.318 e. The van der Waals surface area contributed by atoms with E-state index in [4.69, 9.17) is 22.6 Å². The minimum absolute atomic E-state index is 0.00363. The molecule has 0 aliphatic carbocycles. The van der Waals surface area contributed by atoms with E-state index in [1.54, 1.807) is 24.3 Å². The monoisotopic (exact) mass is 292 g/mol. The van der Waals surface area contributed by atoms with Gasteiger partial charge in [0.1, 0.15) is 5.84 Å². The lowest BCUT2D eigenvalue weighted by Gasteiger charge is -2.13. The van der Waals surface area contributed by atoms with Crippen LogP contribution in [-0.4, -0.2) is 30.9 Å². The number of benzene rings is 1. The van der Waals surface area contributed by atoms with Crippen LogP contribution in [0.15, 0.2) is 24.3 Å². The maximum atomic E-state index is 11.8. The van der Waals surface area contributed by atoms with Gasteiger partial charge in [-0.15, -0.1) is 0 Å². The van der Waals surface area contributed by atoms with E-state index in [2.05, 4.69) is 4.74 Å². The van der Waals surface area contributed by atoms with Gasteiger partial charge in [-0.1, -0.05) is 24.3 Å². The molecule has 7 heteroatoms. The molecule has 0 fully saturated rings. The van der Waals surface area contributed by atoms with E-state index in [0.29, 0.717) is 12.0 Å². The van der Waals surface area contributed by atoms with Crippen molar-refractivity contribution < 1.29 is 14.3 Å². The first-order chi connectivity index (χ1) is 9.97. The van der Waals surface area contributed by atoms with Crippen LogP contribution < -0.4 is 17.2 Å². The first kappa shape index (κ1) is 16.8. The molecule has 0 aliphatic rings. The lowest BCUT2D eigenvalue weighted by atomic mass is 9.98. The molecule has 0 heterocycles. The zero-order valence-electron chi connectivity index (χ0n) is 11.7. The van der Waals surface area contributed by atoms with Crippen molar-refractivity contribution in [1.82, 2.24) is 0 Å². The number of nitrogen functional groups attached to an aromatic ring is 1. The second-order valence-electron chi connectivity index (χ2n) is 4.58. The summed E-state index contributed by atoms with van der Waals surface area (Å²) in [5.41, 5.74) is 17.6. The number of carbonyl (C=O) groups excluding carboxylic acids is 2. The molecule has 1 rings (SSSR count). The van der Waals surface area contributed by atoms with Crippen LogP contribution in [0.2, 0.25) is 0 Å². The van der Waals surface area contributed by atoms with Gasteiger partial charge in [0.2, 0.25) is 0 Å². The fourth-order valence-corrected chi connectivity index (χ4v) is 1.73. The van der Waals surface area contributed by atoms with Crippen molar-refractivity contribution in [1.29, 1.82) is 5.41 Å². The third-order valence-electron chi connectivity index (χ3n) is 2.93. The van der Waals surface area contributed by atoms with Crippen LogP contribution in [0.3, 0.4) is 0 Å². The number of nitrogens with two attached hydrogens (primary N) is 3. The Bertz CT molecular complexity index is 513. The van der Waals surface area contributed by atoms with Gasteiger partial charge in [0.25, 0.3) is 0 Å². The summed E-state index contributed by atoms with van der Waals surface area (Å²) in [5, 5.41) is 7.30. The predicted molar refractivity (Wildman–Crippen MR) is 78.5 cm³/mol. The Labute approximate surface area is 122 Å². The van der Waals surface area contributed by atoms with E-state index < -0.39 is 17.9 Å². The number of carbonyl (C=O) groups is 2. The summed E-state index contributed by atoms with van der Waals surface area (Å²) in [6.07, 6.45) is 0.347. The minimum Gasteiger partial charge on any atom is -0.393 e. The van der Waals surface area contributed by atoms with E-state index in [1.165, 1.54) is 0 Å². The van der Waals surface area contributed by atoms with Gasteiger partial charge in [0.15, 0.2) is 0 Å². The molecule has 7 N–H and O–H groups in total. The fraction of sp³-hybridized carbons (Fsp3) is 0.357. The fourth-order valence-electron chi connectivity index (χ4n) is 1.73. The third-order valence-corrected chi connectivity index (χ3v) is 2.93. The molecular formula is C14H20N4O3. The van der Waals surface area contributed by atoms with Gasteiger partial charge in [-0.25, -0.2) is 0 Å². The summed E-state index contributed by atoms with van der Waals surface area (Å²) >= 11 is 0. The molecule has 1 aromatic rings. The number of hydrogen-bond acceptors (Lipinski definition) is 6. The summed E-state index contributed by atoms with van der Waals surface area (Å²) in [4.78, 5) is 23.1.